The van der Waals surface area contributed by atoms with E-state index in [1.165, 1.54) is 0 Å². The largest absolute Gasteiger partial charge is 0.381 e. The van der Waals surface area contributed by atoms with Crippen LogP contribution in [0.1, 0.15) is 38.0 Å². The quantitative estimate of drug-likeness (QED) is 0.836. The Morgan fingerprint density at radius 3 is 2.94 bits per heavy atom. The molecule has 5 nitrogen and oxygen atoms in total. The normalized spacial score (nSPS) is 22.9. The van der Waals surface area contributed by atoms with E-state index in [2.05, 4.69) is 10.1 Å². The van der Waals surface area contributed by atoms with Crippen LogP contribution in [0.3, 0.4) is 0 Å². The molecular weight excluding hydrogens is 206 g/mol. The number of nitrogens with two attached hydrogens (primary N) is 1. The van der Waals surface area contributed by atoms with Gasteiger partial charge in [0.2, 0.25) is 5.89 Å². The molecule has 5 heteroatoms. The first-order valence-corrected chi connectivity index (χ1v) is 5.82. The summed E-state index contributed by atoms with van der Waals surface area (Å²) in [4.78, 5) is 4.34. The lowest BCUT2D eigenvalue weighted by molar-refractivity contribution is 0.185. The predicted octanol–water partition coefficient (Wildman–Crippen LogP) is 1.30. The second-order valence-corrected chi connectivity index (χ2v) is 4.75. The molecule has 0 aliphatic carbocycles. The van der Waals surface area contributed by atoms with E-state index >= 15 is 0 Å². The van der Waals surface area contributed by atoms with Crippen LogP contribution in [-0.4, -0.2) is 23.4 Å². The zero-order valence-electron chi connectivity index (χ0n) is 9.85. The summed E-state index contributed by atoms with van der Waals surface area (Å²) in [6.45, 7) is 5.74. The molecule has 0 bridgehead atoms. The molecule has 1 aromatic heterocycles. The van der Waals surface area contributed by atoms with Crippen molar-refractivity contribution in [2.75, 3.05) is 13.2 Å². The van der Waals surface area contributed by atoms with Crippen molar-refractivity contribution in [2.45, 2.75) is 32.7 Å². The van der Waals surface area contributed by atoms with Gasteiger partial charge in [0.25, 0.3) is 0 Å². The highest BCUT2D eigenvalue weighted by atomic mass is 16.5. The van der Waals surface area contributed by atoms with Gasteiger partial charge in [0, 0.05) is 19.6 Å². The van der Waals surface area contributed by atoms with Gasteiger partial charge in [-0.05, 0) is 18.3 Å². The zero-order chi connectivity index (χ0) is 11.5. The van der Waals surface area contributed by atoms with E-state index in [4.69, 9.17) is 15.0 Å². The molecule has 1 aliphatic rings. The fraction of sp³-hybridized carbons (Fsp3) is 0.818. The Morgan fingerprint density at radius 2 is 2.31 bits per heavy atom. The lowest BCUT2D eigenvalue weighted by Gasteiger charge is -2.09. The first kappa shape index (κ1) is 11.5. The Labute approximate surface area is 95.3 Å². The van der Waals surface area contributed by atoms with Crippen molar-refractivity contribution < 1.29 is 9.26 Å². The molecule has 0 saturated carbocycles. The highest BCUT2D eigenvalue weighted by Crippen LogP contribution is 2.20. The third-order valence-electron chi connectivity index (χ3n) is 2.98. The van der Waals surface area contributed by atoms with Crippen LogP contribution < -0.4 is 5.73 Å². The van der Waals surface area contributed by atoms with E-state index in [1.54, 1.807) is 0 Å². The number of ether oxygens (including phenoxy) is 1. The molecule has 2 N–H and O–H groups in total. The van der Waals surface area contributed by atoms with Crippen LogP contribution in [0.2, 0.25) is 0 Å². The lowest BCUT2D eigenvalue weighted by atomic mass is 10.0. The van der Waals surface area contributed by atoms with Gasteiger partial charge in [-0.2, -0.15) is 4.98 Å². The smallest absolute Gasteiger partial charge is 0.243 e. The van der Waals surface area contributed by atoms with Crippen molar-refractivity contribution in [3.05, 3.63) is 11.7 Å². The van der Waals surface area contributed by atoms with E-state index in [0.29, 0.717) is 17.7 Å². The zero-order valence-corrected chi connectivity index (χ0v) is 9.85. The molecule has 0 aromatic carbocycles. The van der Waals surface area contributed by atoms with E-state index in [1.807, 2.05) is 13.8 Å². The van der Waals surface area contributed by atoms with Gasteiger partial charge in [0.15, 0.2) is 5.82 Å². The number of rotatable bonds is 4. The van der Waals surface area contributed by atoms with Crippen LogP contribution in [0.5, 0.6) is 0 Å². The van der Waals surface area contributed by atoms with Gasteiger partial charge in [-0.25, -0.2) is 0 Å². The maximum atomic E-state index is 5.94. The molecule has 0 amide bonds. The molecule has 1 aromatic rings. The minimum absolute atomic E-state index is 0.166. The van der Waals surface area contributed by atoms with Crippen LogP contribution in [0, 0.1) is 11.8 Å². The van der Waals surface area contributed by atoms with Crippen molar-refractivity contribution >= 4 is 0 Å². The Kier molecular flexibility index (Phi) is 3.56. The van der Waals surface area contributed by atoms with Gasteiger partial charge in [-0.15, -0.1) is 0 Å². The Morgan fingerprint density at radius 1 is 1.50 bits per heavy atom. The predicted molar refractivity (Wildman–Crippen MR) is 58.7 cm³/mol. The standard InChI is InChI=1S/C11H19N3O2/c1-7(2)10(12)11-13-9(14-16-11)5-8-3-4-15-6-8/h7-8,10H,3-6,12H2,1-2H3/t8?,10-/m1/s1. The topological polar surface area (TPSA) is 74.2 Å². The minimum Gasteiger partial charge on any atom is -0.381 e. The number of nitrogens with zero attached hydrogens (tertiary/aromatic N) is 2. The molecule has 16 heavy (non-hydrogen) atoms. The first-order chi connectivity index (χ1) is 7.66. The molecule has 2 atom stereocenters. The maximum Gasteiger partial charge on any atom is 0.243 e. The highest BCUT2D eigenvalue weighted by Gasteiger charge is 2.21. The van der Waals surface area contributed by atoms with Crippen molar-refractivity contribution in [1.82, 2.24) is 10.1 Å². The fourth-order valence-electron chi connectivity index (χ4n) is 1.77. The summed E-state index contributed by atoms with van der Waals surface area (Å²) in [5.41, 5.74) is 5.94. The third kappa shape index (κ3) is 2.59. The van der Waals surface area contributed by atoms with Gasteiger partial charge < -0.3 is 15.0 Å². The first-order valence-electron chi connectivity index (χ1n) is 5.82. The number of aromatic nitrogens is 2. The van der Waals surface area contributed by atoms with Crippen molar-refractivity contribution in [3.8, 4) is 0 Å². The van der Waals surface area contributed by atoms with Crippen molar-refractivity contribution in [1.29, 1.82) is 0 Å². The average Bonchev–Trinajstić information content (AvgIpc) is 2.88. The summed E-state index contributed by atoms with van der Waals surface area (Å²) < 4.78 is 10.5. The molecule has 1 saturated heterocycles. The van der Waals surface area contributed by atoms with Crippen LogP contribution in [0.15, 0.2) is 4.52 Å². The second-order valence-electron chi connectivity index (χ2n) is 4.75. The Balaban J connectivity index is 1.96. The molecule has 1 aliphatic heterocycles. The van der Waals surface area contributed by atoms with Crippen LogP contribution in [0.4, 0.5) is 0 Å². The SMILES string of the molecule is CC(C)[C@@H](N)c1nc(CC2CCOC2)no1. The summed E-state index contributed by atoms with van der Waals surface area (Å²) >= 11 is 0. The summed E-state index contributed by atoms with van der Waals surface area (Å²) in [7, 11) is 0. The number of hydrogen-bond acceptors (Lipinski definition) is 5. The van der Waals surface area contributed by atoms with E-state index in [-0.39, 0.29) is 6.04 Å². The second kappa shape index (κ2) is 4.93. The fourth-order valence-corrected chi connectivity index (χ4v) is 1.77. The van der Waals surface area contributed by atoms with Crippen LogP contribution in [0.25, 0.3) is 0 Å². The van der Waals surface area contributed by atoms with Gasteiger partial charge >= 0.3 is 0 Å². The van der Waals surface area contributed by atoms with Crippen molar-refractivity contribution in [2.24, 2.45) is 17.6 Å². The molecule has 1 unspecified atom stereocenters. The maximum absolute atomic E-state index is 5.94. The Bertz CT molecular complexity index is 332. The van der Waals surface area contributed by atoms with Gasteiger partial charge in [0.05, 0.1) is 6.04 Å². The summed E-state index contributed by atoms with van der Waals surface area (Å²) in [5, 5.41) is 3.96. The van der Waals surface area contributed by atoms with Crippen LogP contribution in [-0.2, 0) is 11.2 Å². The van der Waals surface area contributed by atoms with E-state index in [9.17, 15) is 0 Å². The minimum atomic E-state index is -0.166. The molecule has 0 radical (unpaired) electrons. The summed E-state index contributed by atoms with van der Waals surface area (Å²) in [6, 6.07) is -0.166. The van der Waals surface area contributed by atoms with Crippen molar-refractivity contribution in [3.63, 3.8) is 0 Å². The monoisotopic (exact) mass is 225 g/mol. The molecule has 0 spiro atoms. The lowest BCUT2D eigenvalue weighted by Crippen LogP contribution is -2.17. The number of hydrogen-bond donors (Lipinski definition) is 1. The highest BCUT2D eigenvalue weighted by molar-refractivity contribution is 4.94. The third-order valence-corrected chi connectivity index (χ3v) is 2.98. The molecule has 90 valence electrons. The molecular formula is C11H19N3O2. The molecule has 2 rings (SSSR count). The van der Waals surface area contributed by atoms with Gasteiger partial charge in [-0.3, -0.25) is 0 Å². The summed E-state index contributed by atoms with van der Waals surface area (Å²) in [5.74, 6) is 2.13. The summed E-state index contributed by atoms with van der Waals surface area (Å²) in [6.07, 6.45) is 1.91. The molecule has 1 fully saturated rings. The van der Waals surface area contributed by atoms with Crippen LogP contribution >= 0.6 is 0 Å². The molecule has 2 heterocycles. The van der Waals surface area contributed by atoms with E-state index in [0.717, 1.165) is 31.9 Å². The average molecular weight is 225 g/mol. The Hall–Kier alpha value is -0.940. The van der Waals surface area contributed by atoms with E-state index < -0.39 is 0 Å². The van der Waals surface area contributed by atoms with Gasteiger partial charge in [-0.1, -0.05) is 19.0 Å². The van der Waals surface area contributed by atoms with Gasteiger partial charge in [0.1, 0.15) is 0 Å².